The number of anilines is 1. The molecule has 2 N–H and O–H groups in total. The molecule has 5 heteroatoms. The van der Waals surface area contributed by atoms with Gasteiger partial charge in [-0.3, -0.25) is 9.59 Å². The molecule has 27 heavy (non-hydrogen) atoms. The molecule has 5 nitrogen and oxygen atoms in total. The molecule has 1 heterocycles. The highest BCUT2D eigenvalue weighted by molar-refractivity contribution is 5.97. The van der Waals surface area contributed by atoms with Crippen LogP contribution in [0.1, 0.15) is 61.7 Å². The van der Waals surface area contributed by atoms with Crippen molar-refractivity contribution in [2.45, 2.75) is 51.4 Å². The van der Waals surface area contributed by atoms with Gasteiger partial charge >= 0.3 is 0 Å². The molecular weight excluding hydrogens is 338 g/mol. The van der Waals surface area contributed by atoms with Crippen LogP contribution in [0.2, 0.25) is 0 Å². The van der Waals surface area contributed by atoms with E-state index in [9.17, 15) is 9.59 Å². The average molecular weight is 370 g/mol. The lowest BCUT2D eigenvalue weighted by atomic mass is 9.97. The third-order valence-electron chi connectivity index (χ3n) is 5.33. The van der Waals surface area contributed by atoms with Crippen LogP contribution in [-0.4, -0.2) is 42.9 Å². The molecule has 1 saturated heterocycles. The third kappa shape index (κ3) is 6.21. The minimum Gasteiger partial charge on any atom is -0.339 e. The maximum Gasteiger partial charge on any atom is 0.253 e. The van der Waals surface area contributed by atoms with E-state index in [2.05, 4.69) is 16.7 Å². The molecule has 0 atom stereocenters. The highest BCUT2D eigenvalue weighted by Gasteiger charge is 2.18. The Balaban J connectivity index is 1.43. The smallest absolute Gasteiger partial charge is 0.253 e. The number of carbonyl (C=O) groups excluding carboxylic acids is 2. The van der Waals surface area contributed by atoms with Crippen LogP contribution in [-0.2, 0) is 4.79 Å². The van der Waals surface area contributed by atoms with Gasteiger partial charge < -0.3 is 15.5 Å². The first kappa shape index (κ1) is 19.6. The number of benzene rings is 1. The van der Waals surface area contributed by atoms with Gasteiger partial charge in [-0.1, -0.05) is 17.7 Å². The molecule has 1 fully saturated rings. The summed E-state index contributed by atoms with van der Waals surface area (Å²) in [6.07, 6.45) is 11.7. The van der Waals surface area contributed by atoms with E-state index in [1.807, 2.05) is 23.1 Å². The second-order valence-electron chi connectivity index (χ2n) is 7.52. The van der Waals surface area contributed by atoms with Crippen LogP contribution in [0.3, 0.4) is 0 Å². The van der Waals surface area contributed by atoms with E-state index in [4.69, 9.17) is 0 Å². The molecular formula is C22H31N3O2. The van der Waals surface area contributed by atoms with E-state index >= 15 is 0 Å². The van der Waals surface area contributed by atoms with Gasteiger partial charge in [0.1, 0.15) is 0 Å². The van der Waals surface area contributed by atoms with Crippen LogP contribution in [0.25, 0.3) is 0 Å². The summed E-state index contributed by atoms with van der Waals surface area (Å²) in [6, 6.07) is 7.26. The lowest BCUT2D eigenvalue weighted by Gasteiger charge is -2.26. The number of rotatable bonds is 7. The molecule has 0 spiro atoms. The second kappa shape index (κ2) is 10.3. The fourth-order valence-electron chi connectivity index (χ4n) is 3.80. The van der Waals surface area contributed by atoms with Gasteiger partial charge in [0.05, 0.1) is 6.54 Å². The van der Waals surface area contributed by atoms with Crippen LogP contribution in [0.15, 0.2) is 35.9 Å². The van der Waals surface area contributed by atoms with Crippen molar-refractivity contribution in [1.82, 2.24) is 10.2 Å². The van der Waals surface area contributed by atoms with Gasteiger partial charge in [-0.15, -0.1) is 0 Å². The first-order chi connectivity index (χ1) is 13.2. The Morgan fingerprint density at radius 1 is 1.04 bits per heavy atom. The Morgan fingerprint density at radius 2 is 1.89 bits per heavy atom. The van der Waals surface area contributed by atoms with E-state index in [-0.39, 0.29) is 18.4 Å². The molecule has 1 aromatic rings. The largest absolute Gasteiger partial charge is 0.339 e. The Bertz CT molecular complexity index is 678. The summed E-state index contributed by atoms with van der Waals surface area (Å²) in [4.78, 5) is 26.7. The number of nitrogens with one attached hydrogen (secondary N) is 2. The first-order valence-electron chi connectivity index (χ1n) is 10.3. The number of piperidine rings is 1. The van der Waals surface area contributed by atoms with Crippen molar-refractivity contribution in [3.8, 4) is 0 Å². The van der Waals surface area contributed by atoms with E-state index in [0.717, 1.165) is 38.9 Å². The Labute approximate surface area is 162 Å². The maximum atomic E-state index is 12.6. The second-order valence-corrected chi connectivity index (χ2v) is 7.52. The van der Waals surface area contributed by atoms with Gasteiger partial charge in [-0.2, -0.15) is 0 Å². The van der Waals surface area contributed by atoms with Crippen LogP contribution < -0.4 is 10.6 Å². The Morgan fingerprint density at radius 3 is 2.67 bits per heavy atom. The van der Waals surface area contributed by atoms with Crippen LogP contribution in [0.4, 0.5) is 5.69 Å². The van der Waals surface area contributed by atoms with Gasteiger partial charge in [-0.05, 0) is 76.1 Å². The van der Waals surface area contributed by atoms with Crippen molar-refractivity contribution >= 4 is 17.5 Å². The predicted molar refractivity (Wildman–Crippen MR) is 109 cm³/mol. The van der Waals surface area contributed by atoms with Crippen molar-refractivity contribution in [1.29, 1.82) is 0 Å². The quantitative estimate of drug-likeness (QED) is 0.569. The zero-order chi connectivity index (χ0) is 18.9. The minimum absolute atomic E-state index is 0.0599. The summed E-state index contributed by atoms with van der Waals surface area (Å²) in [5, 5.41) is 6.11. The maximum absolute atomic E-state index is 12.6. The van der Waals surface area contributed by atoms with Crippen LogP contribution in [0, 0.1) is 0 Å². The summed E-state index contributed by atoms with van der Waals surface area (Å²) in [6.45, 7) is 2.77. The van der Waals surface area contributed by atoms with Crippen molar-refractivity contribution in [3.05, 3.63) is 41.5 Å². The molecule has 0 unspecified atom stereocenters. The lowest BCUT2D eigenvalue weighted by Crippen LogP contribution is -2.35. The molecule has 0 aromatic heterocycles. The lowest BCUT2D eigenvalue weighted by molar-refractivity contribution is -0.115. The van der Waals surface area contributed by atoms with E-state index < -0.39 is 0 Å². The number of carbonyl (C=O) groups is 2. The normalized spacial score (nSPS) is 17.3. The first-order valence-corrected chi connectivity index (χ1v) is 10.3. The monoisotopic (exact) mass is 369 g/mol. The highest BCUT2D eigenvalue weighted by Crippen LogP contribution is 2.19. The molecule has 1 aliphatic carbocycles. The van der Waals surface area contributed by atoms with Gasteiger partial charge in [0.2, 0.25) is 5.91 Å². The summed E-state index contributed by atoms with van der Waals surface area (Å²) < 4.78 is 0. The number of hydrogen-bond acceptors (Lipinski definition) is 3. The van der Waals surface area contributed by atoms with Gasteiger partial charge in [0, 0.05) is 24.3 Å². The number of hydrogen-bond donors (Lipinski definition) is 2. The summed E-state index contributed by atoms with van der Waals surface area (Å²) in [5.74, 6) is -0.0140. The van der Waals surface area contributed by atoms with Gasteiger partial charge in [0.15, 0.2) is 0 Å². The van der Waals surface area contributed by atoms with Crippen molar-refractivity contribution < 1.29 is 9.59 Å². The number of allylic oxidation sites excluding steroid dienone is 1. The SMILES string of the molecule is O=C(CNCCC1=CCCCC1)Nc1cccc(C(=O)N2CCCCC2)c1. The van der Waals surface area contributed by atoms with Gasteiger partial charge in [-0.25, -0.2) is 0 Å². The molecule has 3 rings (SSSR count). The molecule has 1 aliphatic heterocycles. The Hall–Kier alpha value is -2.14. The number of nitrogens with zero attached hydrogens (tertiary/aromatic N) is 1. The summed E-state index contributed by atoms with van der Waals surface area (Å²) >= 11 is 0. The fourth-order valence-corrected chi connectivity index (χ4v) is 3.80. The number of likely N-dealkylation sites (tertiary alicyclic amines) is 1. The van der Waals surface area contributed by atoms with Crippen LogP contribution >= 0.6 is 0 Å². The molecule has 0 saturated carbocycles. The zero-order valence-corrected chi connectivity index (χ0v) is 16.1. The molecule has 2 amide bonds. The van der Waals surface area contributed by atoms with E-state index in [1.54, 1.807) is 6.07 Å². The molecule has 146 valence electrons. The molecule has 2 aliphatic rings. The molecule has 1 aromatic carbocycles. The molecule has 0 radical (unpaired) electrons. The average Bonchev–Trinajstić information content (AvgIpc) is 2.72. The van der Waals surface area contributed by atoms with Crippen LogP contribution in [0.5, 0.6) is 0 Å². The highest BCUT2D eigenvalue weighted by atomic mass is 16.2. The predicted octanol–water partition coefficient (Wildman–Crippen LogP) is 3.73. The fraction of sp³-hybridized carbons (Fsp3) is 0.545. The van der Waals surface area contributed by atoms with Crippen molar-refractivity contribution in [2.75, 3.05) is 31.5 Å². The van der Waals surface area contributed by atoms with Crippen molar-refractivity contribution in [3.63, 3.8) is 0 Å². The van der Waals surface area contributed by atoms with E-state index in [1.165, 1.54) is 37.7 Å². The minimum atomic E-state index is -0.0739. The standard InChI is InChI=1S/C22H31N3O2/c26-21(17-23-13-12-18-8-3-1-4-9-18)24-20-11-7-10-19(16-20)22(27)25-14-5-2-6-15-25/h7-8,10-11,16,23H,1-6,9,12-15,17H2,(H,24,26). The topological polar surface area (TPSA) is 61.4 Å². The van der Waals surface area contributed by atoms with E-state index in [0.29, 0.717) is 11.3 Å². The Kier molecular flexibility index (Phi) is 7.45. The molecule has 0 bridgehead atoms. The van der Waals surface area contributed by atoms with Gasteiger partial charge in [0.25, 0.3) is 5.91 Å². The summed E-state index contributed by atoms with van der Waals surface area (Å²) in [5.41, 5.74) is 2.84. The van der Waals surface area contributed by atoms with Crippen molar-refractivity contribution in [2.24, 2.45) is 0 Å². The zero-order valence-electron chi connectivity index (χ0n) is 16.1. The third-order valence-corrected chi connectivity index (χ3v) is 5.33. The summed E-state index contributed by atoms with van der Waals surface area (Å²) in [7, 11) is 0. The number of amides is 2.